The van der Waals surface area contributed by atoms with Gasteiger partial charge in [-0.1, -0.05) is 45.3 Å². The Bertz CT molecular complexity index is 303. The zero-order chi connectivity index (χ0) is 15.4. The first-order chi connectivity index (χ1) is 9.63. The quantitative estimate of drug-likeness (QED) is 0.558. The normalized spacial score (nSPS) is 16.6. The molecular formula is C16H32N2O2. The summed E-state index contributed by atoms with van der Waals surface area (Å²) in [6, 6.07) is -0.315. The number of carbonyl (C=O) groups is 2. The van der Waals surface area contributed by atoms with Crippen molar-refractivity contribution in [2.45, 2.75) is 58.9 Å². The second kappa shape index (κ2) is 11.6. The SMILES string of the molecule is C=C(C)CNCC(=O)N[C@H](C=O)C1CCCCC1.CC.[HH]. The van der Waals surface area contributed by atoms with Crippen LogP contribution in [0.5, 0.6) is 0 Å². The molecule has 1 atom stereocenters. The van der Waals surface area contributed by atoms with Crippen molar-refractivity contribution in [3.8, 4) is 0 Å². The molecule has 0 saturated heterocycles. The van der Waals surface area contributed by atoms with Gasteiger partial charge in [0.25, 0.3) is 0 Å². The topological polar surface area (TPSA) is 58.2 Å². The molecule has 1 rings (SSSR count). The van der Waals surface area contributed by atoms with E-state index in [4.69, 9.17) is 0 Å². The summed E-state index contributed by atoms with van der Waals surface area (Å²) in [6.07, 6.45) is 6.55. The van der Waals surface area contributed by atoms with Gasteiger partial charge in [0.15, 0.2) is 0 Å². The maximum Gasteiger partial charge on any atom is 0.234 e. The van der Waals surface area contributed by atoms with Crippen LogP contribution in [0.15, 0.2) is 12.2 Å². The van der Waals surface area contributed by atoms with Crippen molar-refractivity contribution in [3.63, 3.8) is 0 Å². The number of hydrogen-bond acceptors (Lipinski definition) is 3. The molecule has 4 heteroatoms. The lowest BCUT2D eigenvalue weighted by Gasteiger charge is -2.27. The third-order valence-electron chi connectivity index (χ3n) is 3.34. The van der Waals surface area contributed by atoms with E-state index in [2.05, 4.69) is 17.2 Å². The Morgan fingerprint density at radius 3 is 2.40 bits per heavy atom. The Kier molecular flexibility index (Phi) is 11.0. The summed E-state index contributed by atoms with van der Waals surface area (Å²) in [5.41, 5.74) is 0.988. The van der Waals surface area contributed by atoms with Crippen LogP contribution in [-0.4, -0.2) is 31.3 Å². The average molecular weight is 284 g/mol. The molecule has 0 aromatic rings. The van der Waals surface area contributed by atoms with E-state index in [-0.39, 0.29) is 19.9 Å². The highest BCUT2D eigenvalue weighted by Gasteiger charge is 2.24. The summed E-state index contributed by atoms with van der Waals surface area (Å²) < 4.78 is 0. The highest BCUT2D eigenvalue weighted by Crippen LogP contribution is 2.25. The molecule has 1 amide bonds. The number of carbonyl (C=O) groups excluding carboxylic acids is 2. The largest absolute Gasteiger partial charge is 0.345 e. The van der Waals surface area contributed by atoms with Crippen LogP contribution >= 0.6 is 0 Å². The Hall–Kier alpha value is -1.16. The fourth-order valence-corrected chi connectivity index (χ4v) is 2.38. The molecular weight excluding hydrogens is 252 g/mol. The smallest absolute Gasteiger partial charge is 0.234 e. The summed E-state index contributed by atoms with van der Waals surface area (Å²) in [5.74, 6) is 0.209. The average Bonchev–Trinajstić information content (AvgIpc) is 2.47. The molecule has 0 aliphatic heterocycles. The van der Waals surface area contributed by atoms with Gasteiger partial charge in [-0.15, -0.1) is 0 Å². The van der Waals surface area contributed by atoms with E-state index in [0.717, 1.165) is 24.7 Å². The third-order valence-corrected chi connectivity index (χ3v) is 3.34. The summed E-state index contributed by atoms with van der Waals surface area (Å²) in [5, 5.41) is 5.80. The summed E-state index contributed by atoms with van der Waals surface area (Å²) in [7, 11) is 0. The number of amides is 1. The van der Waals surface area contributed by atoms with E-state index < -0.39 is 0 Å². The van der Waals surface area contributed by atoms with Crippen LogP contribution in [0, 0.1) is 5.92 Å². The molecule has 0 spiro atoms. The Labute approximate surface area is 124 Å². The van der Waals surface area contributed by atoms with Gasteiger partial charge < -0.3 is 15.4 Å². The van der Waals surface area contributed by atoms with Crippen LogP contribution < -0.4 is 10.6 Å². The van der Waals surface area contributed by atoms with Gasteiger partial charge in [-0.25, -0.2) is 0 Å². The van der Waals surface area contributed by atoms with Crippen molar-refractivity contribution in [1.29, 1.82) is 0 Å². The molecule has 0 unspecified atom stereocenters. The van der Waals surface area contributed by atoms with Crippen LogP contribution in [0.1, 0.15) is 54.3 Å². The predicted octanol–water partition coefficient (Wildman–Crippen LogP) is 2.69. The fourth-order valence-electron chi connectivity index (χ4n) is 2.38. The lowest BCUT2D eigenvalue weighted by Crippen LogP contribution is -2.45. The van der Waals surface area contributed by atoms with Gasteiger partial charge in [-0.3, -0.25) is 4.79 Å². The lowest BCUT2D eigenvalue weighted by atomic mass is 9.84. The molecule has 1 fully saturated rings. The predicted molar refractivity (Wildman–Crippen MR) is 85.7 cm³/mol. The molecule has 0 bridgehead atoms. The standard InChI is InChI=1S/C14H24N2O2.C2H6.H2/c1-11(2)8-15-9-14(18)16-13(10-17)12-6-4-3-5-7-12;1-2;/h10,12-13,15H,1,3-9H2,2H3,(H,16,18);1-2H3;1H/t13-;;/m1../s1. The molecule has 0 heterocycles. The Morgan fingerprint density at radius 2 is 1.90 bits per heavy atom. The molecule has 0 aromatic heterocycles. The fraction of sp³-hybridized carbons (Fsp3) is 0.750. The van der Waals surface area contributed by atoms with Crippen molar-refractivity contribution in [2.24, 2.45) is 5.92 Å². The van der Waals surface area contributed by atoms with E-state index in [0.29, 0.717) is 12.5 Å². The first-order valence-corrected chi connectivity index (χ1v) is 7.73. The van der Waals surface area contributed by atoms with Crippen LogP contribution in [0.2, 0.25) is 0 Å². The minimum absolute atomic E-state index is 0. The molecule has 0 aromatic carbocycles. The van der Waals surface area contributed by atoms with Gasteiger partial charge in [0.1, 0.15) is 6.29 Å². The van der Waals surface area contributed by atoms with Gasteiger partial charge in [-0.2, -0.15) is 0 Å². The summed E-state index contributed by atoms with van der Waals surface area (Å²) >= 11 is 0. The van der Waals surface area contributed by atoms with Crippen molar-refractivity contribution in [3.05, 3.63) is 12.2 Å². The van der Waals surface area contributed by atoms with E-state index in [1.54, 1.807) is 0 Å². The highest BCUT2D eigenvalue weighted by molar-refractivity contribution is 5.81. The maximum atomic E-state index is 11.7. The van der Waals surface area contributed by atoms with Crippen LogP contribution in [0.4, 0.5) is 0 Å². The van der Waals surface area contributed by atoms with Gasteiger partial charge >= 0.3 is 0 Å². The Morgan fingerprint density at radius 1 is 1.30 bits per heavy atom. The van der Waals surface area contributed by atoms with Crippen LogP contribution in [-0.2, 0) is 9.59 Å². The molecule has 118 valence electrons. The molecule has 0 radical (unpaired) electrons. The van der Waals surface area contributed by atoms with Gasteiger partial charge in [0, 0.05) is 7.97 Å². The zero-order valence-electron chi connectivity index (χ0n) is 13.2. The van der Waals surface area contributed by atoms with Crippen LogP contribution in [0.25, 0.3) is 0 Å². The third kappa shape index (κ3) is 8.10. The van der Waals surface area contributed by atoms with E-state index >= 15 is 0 Å². The van der Waals surface area contributed by atoms with Gasteiger partial charge in [0.05, 0.1) is 12.6 Å². The monoisotopic (exact) mass is 284 g/mol. The molecule has 4 nitrogen and oxygen atoms in total. The minimum atomic E-state index is -0.315. The number of hydrogen-bond donors (Lipinski definition) is 2. The summed E-state index contributed by atoms with van der Waals surface area (Å²) in [6.45, 7) is 10.5. The van der Waals surface area contributed by atoms with Gasteiger partial charge in [-0.05, 0) is 25.7 Å². The van der Waals surface area contributed by atoms with Crippen molar-refractivity contribution < 1.29 is 11.0 Å². The Balaban J connectivity index is 0. The number of aldehydes is 1. The molecule has 1 aliphatic carbocycles. The minimum Gasteiger partial charge on any atom is -0.345 e. The number of nitrogens with one attached hydrogen (secondary N) is 2. The summed E-state index contributed by atoms with van der Waals surface area (Å²) in [4.78, 5) is 22.7. The first kappa shape index (κ1) is 18.8. The first-order valence-electron chi connectivity index (χ1n) is 7.73. The van der Waals surface area contributed by atoms with E-state index in [1.807, 2.05) is 20.8 Å². The molecule has 2 N–H and O–H groups in total. The molecule has 1 saturated carbocycles. The van der Waals surface area contributed by atoms with Crippen molar-refractivity contribution >= 4 is 12.2 Å². The molecule has 20 heavy (non-hydrogen) atoms. The van der Waals surface area contributed by atoms with E-state index in [9.17, 15) is 9.59 Å². The second-order valence-corrected chi connectivity index (χ2v) is 5.19. The van der Waals surface area contributed by atoms with Crippen molar-refractivity contribution in [2.75, 3.05) is 13.1 Å². The van der Waals surface area contributed by atoms with Crippen LogP contribution in [0.3, 0.4) is 0 Å². The zero-order valence-corrected chi connectivity index (χ0v) is 13.2. The number of rotatable bonds is 7. The maximum absolute atomic E-state index is 11.7. The highest BCUT2D eigenvalue weighted by atomic mass is 16.2. The second-order valence-electron chi connectivity index (χ2n) is 5.19. The van der Waals surface area contributed by atoms with Crippen molar-refractivity contribution in [1.82, 2.24) is 10.6 Å². The molecule has 1 aliphatic rings. The lowest BCUT2D eigenvalue weighted by molar-refractivity contribution is -0.124. The van der Waals surface area contributed by atoms with Gasteiger partial charge in [0.2, 0.25) is 5.91 Å². The van der Waals surface area contributed by atoms with E-state index in [1.165, 1.54) is 19.3 Å².